The standard InChI is InChI=1S/C25H26FNO5/c26-19-11-17-13-30-15-32-23(17)18(12-19)14-31-25(29)21-7-3-2-6-20(21)24(28)27-10-9-16-5-1-4-8-22(16)27/h1,4-5,8,11-12,20-21H,2-3,6-7,9-10,13-15H2. The fourth-order valence-corrected chi connectivity index (χ4v) is 5.10. The van der Waals surface area contributed by atoms with Gasteiger partial charge in [0.2, 0.25) is 5.91 Å². The number of anilines is 1. The second-order valence-electron chi connectivity index (χ2n) is 8.64. The van der Waals surface area contributed by atoms with Gasteiger partial charge in [-0.15, -0.1) is 0 Å². The minimum absolute atomic E-state index is 0.000201. The molecular weight excluding hydrogens is 413 g/mol. The van der Waals surface area contributed by atoms with Crippen molar-refractivity contribution in [2.75, 3.05) is 18.2 Å². The predicted molar refractivity (Wildman–Crippen MR) is 114 cm³/mol. The highest BCUT2D eigenvalue weighted by Gasteiger charge is 2.40. The molecule has 2 atom stereocenters. The zero-order valence-electron chi connectivity index (χ0n) is 17.8. The van der Waals surface area contributed by atoms with Crippen molar-refractivity contribution in [3.05, 3.63) is 58.9 Å². The van der Waals surface area contributed by atoms with Gasteiger partial charge in [-0.2, -0.15) is 0 Å². The van der Waals surface area contributed by atoms with E-state index in [0.717, 1.165) is 30.5 Å². The fraction of sp³-hybridized carbons (Fsp3) is 0.440. The summed E-state index contributed by atoms with van der Waals surface area (Å²) in [7, 11) is 0. The molecule has 168 valence electrons. The van der Waals surface area contributed by atoms with Crippen molar-refractivity contribution in [2.45, 2.75) is 45.3 Å². The minimum atomic E-state index is -0.488. The van der Waals surface area contributed by atoms with E-state index in [1.165, 1.54) is 12.1 Å². The first-order valence-electron chi connectivity index (χ1n) is 11.2. The molecule has 6 nitrogen and oxygen atoms in total. The van der Waals surface area contributed by atoms with Crippen LogP contribution in [-0.4, -0.2) is 25.2 Å². The summed E-state index contributed by atoms with van der Waals surface area (Å²) < 4.78 is 30.3. The van der Waals surface area contributed by atoms with Gasteiger partial charge in [0.05, 0.1) is 18.4 Å². The Morgan fingerprint density at radius 2 is 1.91 bits per heavy atom. The summed E-state index contributed by atoms with van der Waals surface area (Å²) in [5.41, 5.74) is 3.18. The number of fused-ring (bicyclic) bond motifs is 2. The van der Waals surface area contributed by atoms with Gasteiger partial charge in [-0.3, -0.25) is 9.59 Å². The normalized spacial score (nSPS) is 22.0. The highest BCUT2D eigenvalue weighted by atomic mass is 19.1. The van der Waals surface area contributed by atoms with Crippen LogP contribution in [0.15, 0.2) is 36.4 Å². The Bertz CT molecular complexity index is 1040. The third-order valence-electron chi connectivity index (χ3n) is 6.66. The molecule has 2 aromatic carbocycles. The number of carbonyl (C=O) groups excluding carboxylic acids is 2. The maximum absolute atomic E-state index is 14.0. The third kappa shape index (κ3) is 3.97. The van der Waals surface area contributed by atoms with E-state index in [-0.39, 0.29) is 25.9 Å². The Morgan fingerprint density at radius 1 is 1.09 bits per heavy atom. The van der Waals surface area contributed by atoms with E-state index in [2.05, 4.69) is 0 Å². The number of ether oxygens (including phenoxy) is 3. The molecule has 7 heteroatoms. The van der Waals surface area contributed by atoms with E-state index in [1.807, 2.05) is 29.2 Å². The van der Waals surface area contributed by atoms with E-state index in [4.69, 9.17) is 14.2 Å². The molecule has 0 N–H and O–H groups in total. The number of nitrogens with zero attached hydrogens (tertiary/aromatic N) is 1. The second kappa shape index (κ2) is 8.90. The minimum Gasteiger partial charge on any atom is -0.467 e. The summed E-state index contributed by atoms with van der Waals surface area (Å²) in [4.78, 5) is 28.3. The average molecular weight is 439 g/mol. The molecule has 1 fully saturated rings. The van der Waals surface area contributed by atoms with Crippen LogP contribution in [0.25, 0.3) is 0 Å². The van der Waals surface area contributed by atoms with Gasteiger partial charge < -0.3 is 19.1 Å². The number of carbonyl (C=O) groups is 2. The zero-order chi connectivity index (χ0) is 22.1. The third-order valence-corrected chi connectivity index (χ3v) is 6.66. The van der Waals surface area contributed by atoms with Crippen molar-refractivity contribution in [1.29, 1.82) is 0 Å². The first-order chi connectivity index (χ1) is 15.6. The van der Waals surface area contributed by atoms with Crippen molar-refractivity contribution < 1.29 is 28.2 Å². The summed E-state index contributed by atoms with van der Waals surface area (Å²) in [5, 5.41) is 0. The van der Waals surface area contributed by atoms with Crippen LogP contribution >= 0.6 is 0 Å². The van der Waals surface area contributed by atoms with Crippen LogP contribution in [0.4, 0.5) is 10.1 Å². The summed E-state index contributed by atoms with van der Waals surface area (Å²) in [6, 6.07) is 10.6. The largest absolute Gasteiger partial charge is 0.467 e. The molecule has 2 aromatic rings. The van der Waals surface area contributed by atoms with E-state index in [9.17, 15) is 14.0 Å². The van der Waals surface area contributed by atoms with Crippen LogP contribution in [0, 0.1) is 17.7 Å². The van der Waals surface area contributed by atoms with Crippen molar-refractivity contribution >= 4 is 17.6 Å². The van der Waals surface area contributed by atoms with Crippen LogP contribution < -0.4 is 9.64 Å². The summed E-state index contributed by atoms with van der Waals surface area (Å²) in [6.45, 7) is 0.884. The monoisotopic (exact) mass is 439 g/mol. The lowest BCUT2D eigenvalue weighted by atomic mass is 9.78. The van der Waals surface area contributed by atoms with Gasteiger partial charge in [0.25, 0.3) is 0 Å². The van der Waals surface area contributed by atoms with E-state index >= 15 is 0 Å². The van der Waals surface area contributed by atoms with Gasteiger partial charge >= 0.3 is 5.97 Å². The summed E-state index contributed by atoms with van der Waals surface area (Å²) in [5.74, 6) is -1.20. The summed E-state index contributed by atoms with van der Waals surface area (Å²) >= 11 is 0. The Kier molecular flexibility index (Phi) is 5.83. The molecule has 0 bridgehead atoms. The van der Waals surface area contributed by atoms with Gasteiger partial charge in [0.1, 0.15) is 18.2 Å². The number of hydrogen-bond acceptors (Lipinski definition) is 5. The van der Waals surface area contributed by atoms with Gasteiger partial charge in [0.15, 0.2) is 6.79 Å². The molecule has 1 aliphatic carbocycles. The Labute approximate surface area is 186 Å². The topological polar surface area (TPSA) is 65.1 Å². The van der Waals surface area contributed by atoms with Crippen LogP contribution in [0.1, 0.15) is 42.4 Å². The first-order valence-corrected chi connectivity index (χ1v) is 11.2. The van der Waals surface area contributed by atoms with Crippen LogP contribution in [0.3, 0.4) is 0 Å². The second-order valence-corrected chi connectivity index (χ2v) is 8.64. The SMILES string of the molecule is O=C(OCc1cc(F)cc2c1OCOC2)C1CCCCC1C(=O)N1CCc2ccccc21. The quantitative estimate of drug-likeness (QED) is 0.671. The highest BCUT2D eigenvalue weighted by molar-refractivity contribution is 5.99. The molecule has 2 aliphatic heterocycles. The Balaban J connectivity index is 1.30. The van der Waals surface area contributed by atoms with Crippen molar-refractivity contribution in [3.63, 3.8) is 0 Å². The van der Waals surface area contributed by atoms with Crippen LogP contribution in [0.2, 0.25) is 0 Å². The fourth-order valence-electron chi connectivity index (χ4n) is 5.10. The lowest BCUT2D eigenvalue weighted by Gasteiger charge is -2.32. The van der Waals surface area contributed by atoms with Gasteiger partial charge in [-0.05, 0) is 43.0 Å². The molecule has 1 saturated carbocycles. The van der Waals surface area contributed by atoms with Gasteiger partial charge in [-0.1, -0.05) is 31.0 Å². The Hall–Kier alpha value is -2.93. The summed E-state index contributed by atoms with van der Waals surface area (Å²) in [6.07, 6.45) is 3.93. The molecular formula is C25H26FNO5. The lowest BCUT2D eigenvalue weighted by Crippen LogP contribution is -2.42. The number of amides is 1. The van der Waals surface area contributed by atoms with E-state index < -0.39 is 23.6 Å². The predicted octanol–water partition coefficient (Wildman–Crippen LogP) is 4.13. The molecule has 0 saturated heterocycles. The smallest absolute Gasteiger partial charge is 0.310 e. The number of halogens is 1. The number of hydrogen-bond donors (Lipinski definition) is 0. The molecule has 5 rings (SSSR count). The highest BCUT2D eigenvalue weighted by Crippen LogP contribution is 2.37. The van der Waals surface area contributed by atoms with Gasteiger partial charge in [-0.25, -0.2) is 4.39 Å². The maximum atomic E-state index is 14.0. The molecule has 2 heterocycles. The molecule has 1 amide bonds. The van der Waals surface area contributed by atoms with Gasteiger partial charge in [0, 0.05) is 23.4 Å². The number of para-hydroxylation sites is 1. The molecule has 0 aromatic heterocycles. The maximum Gasteiger partial charge on any atom is 0.310 e. The molecule has 0 spiro atoms. The Morgan fingerprint density at radius 3 is 2.78 bits per heavy atom. The van der Waals surface area contributed by atoms with E-state index in [0.29, 0.717) is 36.3 Å². The average Bonchev–Trinajstić information content (AvgIpc) is 3.26. The number of benzene rings is 2. The molecule has 32 heavy (non-hydrogen) atoms. The van der Waals surface area contributed by atoms with Crippen LogP contribution in [-0.2, 0) is 38.7 Å². The molecule has 2 unspecified atom stereocenters. The number of rotatable bonds is 4. The van der Waals surface area contributed by atoms with E-state index in [1.54, 1.807) is 0 Å². The molecule has 0 radical (unpaired) electrons. The molecule has 3 aliphatic rings. The lowest BCUT2D eigenvalue weighted by molar-refractivity contribution is -0.155. The van der Waals surface area contributed by atoms with Crippen molar-refractivity contribution in [1.82, 2.24) is 0 Å². The van der Waals surface area contributed by atoms with Crippen molar-refractivity contribution in [3.8, 4) is 5.75 Å². The van der Waals surface area contributed by atoms with Crippen LogP contribution in [0.5, 0.6) is 5.75 Å². The number of esters is 1. The first kappa shape index (κ1) is 20.9. The van der Waals surface area contributed by atoms with Crippen molar-refractivity contribution in [2.24, 2.45) is 11.8 Å². The zero-order valence-corrected chi connectivity index (χ0v) is 17.8.